The lowest BCUT2D eigenvalue weighted by atomic mass is 10.0. The van der Waals surface area contributed by atoms with Crippen molar-refractivity contribution in [1.82, 2.24) is 29.8 Å². The fourth-order valence-corrected chi connectivity index (χ4v) is 8.17. The molecule has 2 unspecified atom stereocenters. The molecule has 4 amide bonds. The van der Waals surface area contributed by atoms with Crippen molar-refractivity contribution in [2.75, 3.05) is 67.5 Å². The number of nitrogens with one attached hydrogen (secondary N) is 2. The Morgan fingerprint density at radius 3 is 2.14 bits per heavy atom. The Bertz CT molecular complexity index is 2130. The van der Waals surface area contributed by atoms with Gasteiger partial charge in [0.1, 0.15) is 11.8 Å². The lowest BCUT2D eigenvalue weighted by molar-refractivity contribution is -0.137. The van der Waals surface area contributed by atoms with E-state index in [2.05, 4.69) is 35.3 Å². The maximum Gasteiger partial charge on any atom is 0.417 e. The Balaban J connectivity index is 0.797. The SMILES string of the molecule is CC(C)(C(=O)Nc1ccc(C#N)c(C(F)(F)F)c1)n1cc(N2CC(N3CCN(C4CN(c5ccc6c(c5)C(=O)N(C5CCC(=O)NC5O)C6=O)C4)CC3)C2)cn1. The zero-order chi connectivity index (χ0) is 39.7. The number of piperazine rings is 1. The monoisotopic (exact) mass is 774 g/mol. The summed E-state index contributed by atoms with van der Waals surface area (Å²) in [5.41, 5.74) is -0.591. The second kappa shape index (κ2) is 13.9. The molecule has 294 valence electrons. The first kappa shape index (κ1) is 37.4. The summed E-state index contributed by atoms with van der Waals surface area (Å²) >= 11 is 0. The van der Waals surface area contributed by atoms with Gasteiger partial charge >= 0.3 is 6.18 Å². The first-order valence-corrected chi connectivity index (χ1v) is 18.6. The van der Waals surface area contributed by atoms with Crippen molar-refractivity contribution in [3.8, 4) is 6.07 Å². The third-order valence-corrected chi connectivity index (χ3v) is 11.8. The number of piperidine rings is 1. The molecule has 4 fully saturated rings. The van der Waals surface area contributed by atoms with Crippen LogP contribution in [-0.2, 0) is 21.3 Å². The average molecular weight is 775 g/mol. The van der Waals surface area contributed by atoms with E-state index in [9.17, 15) is 37.5 Å². The summed E-state index contributed by atoms with van der Waals surface area (Å²) in [6, 6.07) is 9.82. The molecule has 5 aliphatic heterocycles. The largest absolute Gasteiger partial charge is 0.417 e. The van der Waals surface area contributed by atoms with Crippen LogP contribution in [0.25, 0.3) is 0 Å². The number of halogens is 3. The lowest BCUT2D eigenvalue weighted by Crippen LogP contribution is -2.67. The van der Waals surface area contributed by atoms with E-state index in [-0.39, 0.29) is 24.4 Å². The number of nitriles is 1. The van der Waals surface area contributed by atoms with Gasteiger partial charge in [-0.15, -0.1) is 0 Å². The van der Waals surface area contributed by atoms with Crippen molar-refractivity contribution in [3.63, 3.8) is 0 Å². The van der Waals surface area contributed by atoms with E-state index in [4.69, 9.17) is 5.26 Å². The molecule has 2 atom stereocenters. The van der Waals surface area contributed by atoms with E-state index in [1.807, 2.05) is 6.07 Å². The van der Waals surface area contributed by atoms with E-state index in [1.54, 1.807) is 38.4 Å². The smallest absolute Gasteiger partial charge is 0.372 e. The first-order valence-electron chi connectivity index (χ1n) is 18.6. The predicted octanol–water partition coefficient (Wildman–Crippen LogP) is 2.04. The highest BCUT2D eigenvalue weighted by Gasteiger charge is 2.45. The second-order valence-electron chi connectivity index (χ2n) is 15.5. The standard InChI is InChI=1S/C38H41F3N10O5/c1-37(2,36(56)44-23-4-3-22(15-42)30(13-23)38(39,40)41)50-21-25(16-43-50)49-19-27(20-49)47-11-9-46(10-12-47)26-17-48(18-26)24-5-6-28-29(14-24)35(55)51(34(28)54)31-7-8-32(52)45-33(31)53/h3-6,13-14,16,21,26-27,31,33,53H,7-12,17-20H2,1-2H3,(H,44,56)(H,45,52). The third kappa shape index (κ3) is 6.62. The van der Waals surface area contributed by atoms with E-state index in [0.29, 0.717) is 23.2 Å². The third-order valence-electron chi connectivity index (χ3n) is 11.8. The molecular formula is C38H41F3N10O5. The van der Waals surface area contributed by atoms with E-state index < -0.39 is 52.8 Å². The molecular weight excluding hydrogens is 733 g/mol. The number of imide groups is 1. The summed E-state index contributed by atoms with van der Waals surface area (Å²) in [7, 11) is 0. The summed E-state index contributed by atoms with van der Waals surface area (Å²) in [6.45, 7) is 10.1. The molecule has 0 bridgehead atoms. The molecule has 0 saturated carbocycles. The van der Waals surface area contributed by atoms with Gasteiger partial charge in [-0.3, -0.25) is 38.6 Å². The molecule has 3 N–H and O–H groups in total. The topological polar surface area (TPSA) is 170 Å². The number of nitrogens with zero attached hydrogens (tertiary/aromatic N) is 8. The normalized spacial score (nSPS) is 22.7. The number of carbonyl (C=O) groups excluding carboxylic acids is 4. The molecule has 18 heteroatoms. The zero-order valence-corrected chi connectivity index (χ0v) is 30.8. The van der Waals surface area contributed by atoms with Gasteiger partial charge in [0.25, 0.3) is 17.7 Å². The molecule has 5 aliphatic rings. The van der Waals surface area contributed by atoms with E-state index >= 15 is 0 Å². The number of rotatable bonds is 8. The second-order valence-corrected chi connectivity index (χ2v) is 15.5. The van der Waals surface area contributed by atoms with Gasteiger partial charge in [-0.2, -0.15) is 23.5 Å². The molecule has 4 saturated heterocycles. The summed E-state index contributed by atoms with van der Waals surface area (Å²) < 4.78 is 41.8. The van der Waals surface area contributed by atoms with Crippen LogP contribution in [0.15, 0.2) is 48.8 Å². The molecule has 3 aromatic rings. The lowest BCUT2D eigenvalue weighted by Gasteiger charge is -2.52. The Kier molecular flexibility index (Phi) is 9.29. The van der Waals surface area contributed by atoms with Crippen LogP contribution in [0.3, 0.4) is 0 Å². The number of aliphatic hydroxyl groups excluding tert-OH is 1. The number of hydrogen-bond donors (Lipinski definition) is 3. The molecule has 56 heavy (non-hydrogen) atoms. The van der Waals surface area contributed by atoms with Crippen molar-refractivity contribution in [1.29, 1.82) is 5.26 Å². The summed E-state index contributed by atoms with van der Waals surface area (Å²) in [4.78, 5) is 61.7. The van der Waals surface area contributed by atoms with Gasteiger partial charge < -0.3 is 25.5 Å². The summed E-state index contributed by atoms with van der Waals surface area (Å²) in [6.07, 6.45) is -2.24. The minimum absolute atomic E-state index is 0.0680. The van der Waals surface area contributed by atoms with Gasteiger partial charge in [-0.05, 0) is 56.7 Å². The highest BCUT2D eigenvalue weighted by atomic mass is 19.4. The average Bonchev–Trinajstić information content (AvgIpc) is 3.70. The van der Waals surface area contributed by atoms with E-state index in [1.165, 1.54) is 16.8 Å². The van der Waals surface area contributed by atoms with Gasteiger partial charge in [-0.1, -0.05) is 0 Å². The number of carbonyl (C=O) groups is 4. The van der Waals surface area contributed by atoms with Crippen molar-refractivity contribution >= 4 is 40.7 Å². The number of aromatic nitrogens is 2. The number of aliphatic hydroxyl groups is 1. The number of amides is 4. The van der Waals surface area contributed by atoms with Crippen molar-refractivity contribution < 1.29 is 37.5 Å². The maximum atomic E-state index is 13.4. The summed E-state index contributed by atoms with van der Waals surface area (Å²) in [5, 5.41) is 28.8. The molecule has 0 spiro atoms. The van der Waals surface area contributed by atoms with Gasteiger partial charge in [0.15, 0.2) is 0 Å². The van der Waals surface area contributed by atoms with Crippen molar-refractivity contribution in [2.24, 2.45) is 0 Å². The van der Waals surface area contributed by atoms with Crippen LogP contribution in [0.1, 0.15) is 58.5 Å². The van der Waals surface area contributed by atoms with Crippen LogP contribution in [0.5, 0.6) is 0 Å². The van der Waals surface area contributed by atoms with Gasteiger partial charge in [0.05, 0.1) is 46.2 Å². The van der Waals surface area contributed by atoms with Crippen molar-refractivity contribution in [3.05, 3.63) is 71.0 Å². The minimum atomic E-state index is -4.74. The van der Waals surface area contributed by atoms with Crippen LogP contribution < -0.4 is 20.4 Å². The molecule has 0 aliphatic carbocycles. The number of anilines is 3. The van der Waals surface area contributed by atoms with Gasteiger partial charge in [0.2, 0.25) is 5.91 Å². The van der Waals surface area contributed by atoms with Crippen molar-refractivity contribution in [2.45, 2.75) is 62.8 Å². The molecule has 6 heterocycles. The minimum Gasteiger partial charge on any atom is -0.372 e. The number of benzene rings is 2. The van der Waals surface area contributed by atoms with Crippen LogP contribution in [0, 0.1) is 11.3 Å². The summed E-state index contributed by atoms with van der Waals surface area (Å²) in [5.74, 6) is -1.78. The Morgan fingerprint density at radius 1 is 0.911 bits per heavy atom. The van der Waals surface area contributed by atoms with Gasteiger partial charge in [-0.25, -0.2) is 0 Å². The molecule has 0 radical (unpaired) electrons. The Labute approximate surface area is 320 Å². The first-order chi connectivity index (χ1) is 26.6. The molecule has 8 rings (SSSR count). The molecule has 2 aromatic carbocycles. The van der Waals surface area contributed by atoms with Gasteiger partial charge in [0, 0.05) is 88.4 Å². The number of hydrogen-bond acceptors (Lipinski definition) is 11. The van der Waals surface area contributed by atoms with Crippen LogP contribution >= 0.6 is 0 Å². The number of alkyl halides is 3. The van der Waals surface area contributed by atoms with Crippen LogP contribution in [-0.4, -0.2) is 130 Å². The maximum absolute atomic E-state index is 13.4. The number of fused-ring (bicyclic) bond motifs is 1. The highest BCUT2D eigenvalue weighted by molar-refractivity contribution is 6.22. The fraction of sp³-hybridized carbons (Fsp3) is 0.474. The van der Waals surface area contributed by atoms with Crippen LogP contribution in [0.2, 0.25) is 0 Å². The fourth-order valence-electron chi connectivity index (χ4n) is 8.17. The quantitative estimate of drug-likeness (QED) is 0.287. The molecule has 1 aromatic heterocycles. The Hall–Kier alpha value is -5.51. The Morgan fingerprint density at radius 2 is 1.54 bits per heavy atom. The highest BCUT2D eigenvalue weighted by Crippen LogP contribution is 2.36. The van der Waals surface area contributed by atoms with Crippen LogP contribution in [0.4, 0.5) is 30.2 Å². The van der Waals surface area contributed by atoms with E-state index in [0.717, 1.165) is 80.8 Å². The zero-order valence-electron chi connectivity index (χ0n) is 30.8. The molecule has 15 nitrogen and oxygen atoms in total. The predicted molar refractivity (Wildman–Crippen MR) is 196 cm³/mol.